The lowest BCUT2D eigenvalue weighted by Crippen LogP contribution is -2.42. The van der Waals surface area contributed by atoms with Crippen LogP contribution in [-0.2, 0) is 28.1 Å². The Morgan fingerprint density at radius 2 is 1.82 bits per heavy atom. The Kier molecular flexibility index (Phi) is 5.19. The first kappa shape index (κ1) is 19.6. The van der Waals surface area contributed by atoms with Crippen LogP contribution in [0.2, 0.25) is 0 Å². The minimum Gasteiger partial charge on any atom is -0.331 e. The molecule has 0 fully saturated rings. The van der Waals surface area contributed by atoms with Gasteiger partial charge in [-0.1, -0.05) is 18.2 Å². The Hall–Kier alpha value is -3.20. The molecular weight excluding hydrogens is 380 g/mol. The Balaban J connectivity index is 1.69. The van der Waals surface area contributed by atoms with Crippen LogP contribution in [0.3, 0.4) is 0 Å². The molecule has 8 nitrogen and oxygen atoms in total. The van der Waals surface area contributed by atoms with Crippen LogP contribution in [0, 0.1) is 6.92 Å². The van der Waals surface area contributed by atoms with E-state index in [4.69, 9.17) is 0 Å². The van der Waals surface area contributed by atoms with Gasteiger partial charge < -0.3 is 4.57 Å². The first-order valence-electron chi connectivity index (χ1n) is 8.47. The van der Waals surface area contributed by atoms with Crippen molar-refractivity contribution < 1.29 is 18.0 Å². The highest BCUT2D eigenvalue weighted by molar-refractivity contribution is 7.90. The summed E-state index contributed by atoms with van der Waals surface area (Å²) in [6.07, 6.45) is 1.05. The van der Waals surface area contributed by atoms with Crippen LogP contribution in [0.5, 0.6) is 0 Å². The number of hydrogen-bond donors (Lipinski definition) is 2. The lowest BCUT2D eigenvalue weighted by molar-refractivity contribution is -0.121. The highest BCUT2D eigenvalue weighted by Gasteiger charge is 2.16. The maximum Gasteiger partial charge on any atom is 0.269 e. The molecule has 0 spiro atoms. The van der Waals surface area contributed by atoms with E-state index in [1.165, 1.54) is 12.1 Å². The van der Waals surface area contributed by atoms with Gasteiger partial charge in [-0.2, -0.15) is 0 Å². The number of amides is 2. The van der Waals surface area contributed by atoms with E-state index in [0.29, 0.717) is 11.4 Å². The summed E-state index contributed by atoms with van der Waals surface area (Å²) in [7, 11) is -1.63. The molecule has 28 heavy (non-hydrogen) atoms. The molecule has 9 heteroatoms. The van der Waals surface area contributed by atoms with Crippen LogP contribution >= 0.6 is 0 Å². The monoisotopic (exact) mass is 400 g/mol. The molecule has 0 atom stereocenters. The fourth-order valence-corrected chi connectivity index (χ4v) is 3.46. The molecule has 1 aromatic heterocycles. The van der Waals surface area contributed by atoms with Crippen molar-refractivity contribution in [1.29, 1.82) is 0 Å². The summed E-state index contributed by atoms with van der Waals surface area (Å²) in [6.45, 7) is 1.68. The van der Waals surface area contributed by atoms with E-state index in [1.807, 2.05) is 35.9 Å². The second-order valence-electron chi connectivity index (χ2n) is 6.50. The van der Waals surface area contributed by atoms with Crippen molar-refractivity contribution in [3.63, 3.8) is 0 Å². The largest absolute Gasteiger partial charge is 0.331 e. The Bertz CT molecular complexity index is 1180. The number of carbonyl (C=O) groups excluding carboxylic acids is 2. The zero-order chi connectivity index (χ0) is 20.5. The van der Waals surface area contributed by atoms with E-state index in [2.05, 4.69) is 15.8 Å². The topological polar surface area (TPSA) is 110 Å². The number of hydrogen-bond acceptors (Lipinski definition) is 5. The van der Waals surface area contributed by atoms with Crippen LogP contribution < -0.4 is 10.9 Å². The third-order valence-corrected chi connectivity index (χ3v) is 5.51. The predicted octanol–water partition coefficient (Wildman–Crippen LogP) is 1.29. The fourth-order valence-electron chi connectivity index (χ4n) is 2.81. The molecule has 0 saturated heterocycles. The molecule has 0 unspecified atom stereocenters. The van der Waals surface area contributed by atoms with Gasteiger partial charge in [0.1, 0.15) is 5.82 Å². The summed E-state index contributed by atoms with van der Waals surface area (Å²) < 4.78 is 25.2. The molecule has 0 aliphatic heterocycles. The zero-order valence-corrected chi connectivity index (χ0v) is 16.5. The molecule has 0 radical (unpaired) electrons. The summed E-state index contributed by atoms with van der Waals surface area (Å²) in [5, 5.41) is 0. The molecule has 0 aliphatic carbocycles. The van der Waals surface area contributed by atoms with Crippen LogP contribution in [0.1, 0.15) is 21.7 Å². The molecule has 2 amide bonds. The molecule has 2 N–H and O–H groups in total. The van der Waals surface area contributed by atoms with E-state index in [1.54, 1.807) is 13.0 Å². The van der Waals surface area contributed by atoms with Crippen LogP contribution in [-0.4, -0.2) is 36.0 Å². The lowest BCUT2D eigenvalue weighted by atomic mass is 10.1. The molecule has 3 rings (SSSR count). The number of imidazole rings is 1. The first-order chi connectivity index (χ1) is 13.2. The second kappa shape index (κ2) is 7.43. The van der Waals surface area contributed by atoms with Crippen molar-refractivity contribution in [3.05, 3.63) is 59.4 Å². The Morgan fingerprint density at radius 3 is 2.50 bits per heavy atom. The Labute approximate surface area is 162 Å². The SMILES string of the molecule is Cc1ccc(S(C)(=O)=O)cc1C(=O)NNC(=O)Cc1nc2ccccc2n1C. The molecule has 1 heterocycles. The normalized spacial score (nSPS) is 11.4. The van der Waals surface area contributed by atoms with E-state index < -0.39 is 21.7 Å². The quantitative estimate of drug-likeness (QED) is 0.641. The van der Waals surface area contributed by atoms with E-state index in [0.717, 1.165) is 17.3 Å². The van der Waals surface area contributed by atoms with Crippen LogP contribution in [0.4, 0.5) is 0 Å². The maximum absolute atomic E-state index is 12.4. The first-order valence-corrected chi connectivity index (χ1v) is 10.4. The number of nitrogens with one attached hydrogen (secondary N) is 2. The predicted molar refractivity (Wildman–Crippen MR) is 104 cm³/mol. The smallest absolute Gasteiger partial charge is 0.269 e. The highest BCUT2D eigenvalue weighted by atomic mass is 32.2. The van der Waals surface area contributed by atoms with Gasteiger partial charge in [0, 0.05) is 18.9 Å². The number of fused-ring (bicyclic) bond motifs is 1. The van der Waals surface area contributed by atoms with Gasteiger partial charge in [-0.25, -0.2) is 13.4 Å². The summed E-state index contributed by atoms with van der Waals surface area (Å²) in [4.78, 5) is 29.0. The van der Waals surface area contributed by atoms with Crippen LogP contribution in [0.25, 0.3) is 11.0 Å². The minimum atomic E-state index is -3.44. The third kappa shape index (κ3) is 4.04. The number of aryl methyl sites for hydroxylation is 2. The number of para-hydroxylation sites is 2. The zero-order valence-electron chi connectivity index (χ0n) is 15.7. The van der Waals surface area contributed by atoms with Gasteiger partial charge in [0.2, 0.25) is 5.91 Å². The van der Waals surface area contributed by atoms with Crippen molar-refractivity contribution in [1.82, 2.24) is 20.4 Å². The minimum absolute atomic E-state index is 0.0200. The fraction of sp³-hybridized carbons (Fsp3) is 0.211. The Morgan fingerprint density at radius 1 is 1.11 bits per heavy atom. The number of rotatable bonds is 4. The third-order valence-electron chi connectivity index (χ3n) is 4.40. The summed E-state index contributed by atoms with van der Waals surface area (Å²) in [6, 6.07) is 11.8. The van der Waals surface area contributed by atoms with Crippen molar-refractivity contribution in [2.45, 2.75) is 18.2 Å². The number of sulfone groups is 1. The van der Waals surface area contributed by atoms with Gasteiger partial charge in [-0.3, -0.25) is 20.4 Å². The summed E-state index contributed by atoms with van der Waals surface area (Å²) >= 11 is 0. The molecule has 3 aromatic rings. The lowest BCUT2D eigenvalue weighted by Gasteiger charge is -2.10. The summed E-state index contributed by atoms with van der Waals surface area (Å²) in [5.41, 5.74) is 7.12. The molecular formula is C19H20N4O4S. The molecule has 0 aliphatic rings. The molecule has 146 valence electrons. The van der Waals surface area contributed by atoms with Gasteiger partial charge >= 0.3 is 0 Å². The van der Waals surface area contributed by atoms with Crippen molar-refractivity contribution >= 4 is 32.7 Å². The highest BCUT2D eigenvalue weighted by Crippen LogP contribution is 2.16. The van der Waals surface area contributed by atoms with Gasteiger partial charge in [-0.05, 0) is 36.8 Å². The second-order valence-corrected chi connectivity index (χ2v) is 8.52. The number of benzene rings is 2. The maximum atomic E-state index is 12.4. The van der Waals surface area contributed by atoms with E-state index in [-0.39, 0.29) is 16.9 Å². The van der Waals surface area contributed by atoms with Crippen molar-refractivity contribution in [3.8, 4) is 0 Å². The average molecular weight is 400 g/mol. The van der Waals surface area contributed by atoms with Gasteiger partial charge in [-0.15, -0.1) is 0 Å². The standard InChI is InChI=1S/C19H20N4O4S/c1-12-8-9-13(28(3,26)27)10-14(12)19(25)22-21-18(24)11-17-20-15-6-4-5-7-16(15)23(17)2/h4-10H,11H2,1-3H3,(H,21,24)(H,22,25). The number of hydrazine groups is 1. The van der Waals surface area contributed by atoms with Crippen molar-refractivity contribution in [2.24, 2.45) is 7.05 Å². The van der Waals surface area contributed by atoms with E-state index >= 15 is 0 Å². The van der Waals surface area contributed by atoms with Crippen LogP contribution in [0.15, 0.2) is 47.4 Å². The van der Waals surface area contributed by atoms with E-state index in [9.17, 15) is 18.0 Å². The number of nitrogens with zero attached hydrogens (tertiary/aromatic N) is 2. The molecule has 0 bridgehead atoms. The van der Waals surface area contributed by atoms with Crippen molar-refractivity contribution in [2.75, 3.05) is 6.26 Å². The number of carbonyl (C=O) groups is 2. The van der Waals surface area contributed by atoms with Gasteiger partial charge in [0.15, 0.2) is 9.84 Å². The molecule has 0 saturated carbocycles. The van der Waals surface area contributed by atoms with Gasteiger partial charge in [0.25, 0.3) is 5.91 Å². The van der Waals surface area contributed by atoms with Gasteiger partial charge in [0.05, 0.1) is 22.3 Å². The average Bonchev–Trinajstić information content (AvgIpc) is 2.95. The summed E-state index contributed by atoms with van der Waals surface area (Å²) in [5.74, 6) is -0.478. The molecule has 2 aromatic carbocycles. The number of aromatic nitrogens is 2.